The van der Waals surface area contributed by atoms with E-state index in [2.05, 4.69) is 25.6 Å². The molecular weight excluding hydrogens is 336 g/mol. The SMILES string of the molecule is CC.CC.Cc1nsc2cnccc12.Cc1snc2ccncc12. The van der Waals surface area contributed by atoms with Crippen molar-refractivity contribution in [3.8, 4) is 0 Å². The largest absolute Gasteiger partial charge is 0.264 e. The average molecular weight is 361 g/mol. The van der Waals surface area contributed by atoms with Gasteiger partial charge >= 0.3 is 0 Å². The van der Waals surface area contributed by atoms with Crippen molar-refractivity contribution in [3.63, 3.8) is 0 Å². The summed E-state index contributed by atoms with van der Waals surface area (Å²) in [6.45, 7) is 12.1. The molecule has 0 aliphatic heterocycles. The Balaban J connectivity index is 0.000000199. The first-order chi connectivity index (χ1) is 11.8. The maximum Gasteiger partial charge on any atom is 0.0874 e. The Morgan fingerprint density at radius 1 is 0.750 bits per heavy atom. The number of hydrogen-bond donors (Lipinski definition) is 0. The van der Waals surface area contributed by atoms with E-state index in [4.69, 9.17) is 0 Å². The van der Waals surface area contributed by atoms with Gasteiger partial charge in [-0.2, -0.15) is 8.75 Å². The average Bonchev–Trinajstić information content (AvgIpc) is 3.23. The predicted molar refractivity (Wildman–Crippen MR) is 107 cm³/mol. The molecule has 0 aliphatic rings. The van der Waals surface area contributed by atoms with E-state index in [9.17, 15) is 0 Å². The highest BCUT2D eigenvalue weighted by Gasteiger charge is 1.99. The summed E-state index contributed by atoms with van der Waals surface area (Å²) >= 11 is 3.03. The first-order valence-corrected chi connectivity index (χ1v) is 9.62. The summed E-state index contributed by atoms with van der Waals surface area (Å²) in [6.07, 6.45) is 7.26. The van der Waals surface area contributed by atoms with Crippen molar-refractivity contribution in [1.82, 2.24) is 18.7 Å². The number of pyridine rings is 2. The van der Waals surface area contributed by atoms with E-state index in [0.29, 0.717) is 0 Å². The van der Waals surface area contributed by atoms with Gasteiger partial charge in [0.25, 0.3) is 0 Å². The molecule has 0 fully saturated rings. The van der Waals surface area contributed by atoms with Gasteiger partial charge < -0.3 is 0 Å². The highest BCUT2D eigenvalue weighted by atomic mass is 32.1. The fourth-order valence-electron chi connectivity index (χ4n) is 1.82. The van der Waals surface area contributed by atoms with Crippen molar-refractivity contribution in [1.29, 1.82) is 0 Å². The Hall–Kier alpha value is -1.92. The Morgan fingerprint density at radius 3 is 2.08 bits per heavy atom. The molecule has 0 amide bonds. The van der Waals surface area contributed by atoms with Crippen LogP contribution >= 0.6 is 23.1 Å². The zero-order valence-electron chi connectivity index (χ0n) is 15.1. The van der Waals surface area contributed by atoms with Crippen LogP contribution in [0.3, 0.4) is 0 Å². The van der Waals surface area contributed by atoms with Crippen LogP contribution in [0.1, 0.15) is 38.3 Å². The summed E-state index contributed by atoms with van der Waals surface area (Å²) in [5, 5.41) is 2.40. The summed E-state index contributed by atoms with van der Waals surface area (Å²) in [4.78, 5) is 9.25. The van der Waals surface area contributed by atoms with Crippen molar-refractivity contribution < 1.29 is 0 Å². The van der Waals surface area contributed by atoms with Crippen molar-refractivity contribution in [3.05, 3.63) is 47.5 Å². The molecule has 0 bridgehead atoms. The quantitative estimate of drug-likeness (QED) is 0.383. The molecule has 6 heteroatoms. The molecule has 4 rings (SSSR count). The lowest BCUT2D eigenvalue weighted by Crippen LogP contribution is -1.70. The summed E-state index contributed by atoms with van der Waals surface area (Å²) in [5.74, 6) is 0. The Labute approximate surface area is 152 Å². The lowest BCUT2D eigenvalue weighted by Gasteiger charge is -1.84. The zero-order chi connectivity index (χ0) is 17.9. The Morgan fingerprint density at radius 2 is 1.42 bits per heavy atom. The van der Waals surface area contributed by atoms with Gasteiger partial charge in [0.2, 0.25) is 0 Å². The molecule has 24 heavy (non-hydrogen) atoms. The van der Waals surface area contributed by atoms with E-state index in [0.717, 1.165) is 11.2 Å². The number of aromatic nitrogens is 4. The van der Waals surface area contributed by atoms with Crippen molar-refractivity contribution in [2.45, 2.75) is 41.5 Å². The van der Waals surface area contributed by atoms with Gasteiger partial charge in [0.05, 0.1) is 15.9 Å². The first kappa shape index (κ1) is 20.1. The van der Waals surface area contributed by atoms with Gasteiger partial charge in [-0.1, -0.05) is 27.7 Å². The van der Waals surface area contributed by atoms with Crippen LogP contribution in [0.4, 0.5) is 0 Å². The van der Waals surface area contributed by atoms with E-state index >= 15 is 0 Å². The van der Waals surface area contributed by atoms with Gasteiger partial charge in [-0.05, 0) is 49.0 Å². The predicted octanol–water partition coefficient (Wildman–Crippen LogP) is 6.05. The topological polar surface area (TPSA) is 51.6 Å². The number of nitrogens with zero attached hydrogens (tertiary/aromatic N) is 4. The zero-order valence-corrected chi connectivity index (χ0v) is 16.7. The number of fused-ring (bicyclic) bond motifs is 2. The molecule has 0 saturated carbocycles. The highest BCUT2D eigenvalue weighted by molar-refractivity contribution is 7.13. The van der Waals surface area contributed by atoms with Crippen LogP contribution in [-0.4, -0.2) is 18.7 Å². The van der Waals surface area contributed by atoms with E-state index in [-0.39, 0.29) is 0 Å². The molecule has 4 nitrogen and oxygen atoms in total. The van der Waals surface area contributed by atoms with Gasteiger partial charge in [0.15, 0.2) is 0 Å². The molecule has 128 valence electrons. The monoisotopic (exact) mass is 360 g/mol. The van der Waals surface area contributed by atoms with Crippen molar-refractivity contribution in [2.24, 2.45) is 0 Å². The maximum atomic E-state index is 4.22. The van der Waals surface area contributed by atoms with Crippen LogP contribution in [0.25, 0.3) is 21.0 Å². The second-order valence-corrected chi connectivity index (χ2v) is 6.05. The van der Waals surface area contributed by atoms with Crippen LogP contribution < -0.4 is 0 Å². The smallest absolute Gasteiger partial charge is 0.0874 e. The standard InChI is InChI=1S/2C7H6N2S.2C2H6/c1-5-6-4-8-3-2-7(6)9-10-5;1-5-6-2-3-8-4-7(6)10-9-5;2*1-2/h2*2-4H,1H3;2*1-2H3. The van der Waals surface area contributed by atoms with Gasteiger partial charge in [0.1, 0.15) is 0 Å². The van der Waals surface area contributed by atoms with E-state index in [1.54, 1.807) is 12.4 Å². The van der Waals surface area contributed by atoms with E-state index < -0.39 is 0 Å². The molecule has 0 aromatic carbocycles. The Kier molecular flexibility index (Phi) is 9.04. The molecule has 0 radical (unpaired) electrons. The molecule has 4 heterocycles. The van der Waals surface area contributed by atoms with Crippen LogP contribution in [0.2, 0.25) is 0 Å². The molecule has 0 unspecified atom stereocenters. The highest BCUT2D eigenvalue weighted by Crippen LogP contribution is 2.20. The summed E-state index contributed by atoms with van der Waals surface area (Å²) in [7, 11) is 0. The summed E-state index contributed by atoms with van der Waals surface area (Å²) < 4.78 is 9.58. The van der Waals surface area contributed by atoms with Crippen molar-refractivity contribution in [2.75, 3.05) is 0 Å². The van der Waals surface area contributed by atoms with Gasteiger partial charge in [-0.15, -0.1) is 0 Å². The third kappa shape index (κ3) is 5.04. The molecule has 0 N–H and O–H groups in total. The van der Waals surface area contributed by atoms with Gasteiger partial charge in [-0.3, -0.25) is 9.97 Å². The minimum absolute atomic E-state index is 1.05. The fraction of sp³-hybridized carbons (Fsp3) is 0.333. The number of hydrogen-bond acceptors (Lipinski definition) is 6. The van der Waals surface area contributed by atoms with E-state index in [1.165, 1.54) is 43.4 Å². The second kappa shape index (κ2) is 10.8. The first-order valence-electron chi connectivity index (χ1n) is 8.07. The lowest BCUT2D eigenvalue weighted by atomic mass is 10.3. The van der Waals surface area contributed by atoms with Crippen LogP contribution in [0.5, 0.6) is 0 Å². The lowest BCUT2D eigenvalue weighted by molar-refractivity contribution is 1.35. The maximum absolute atomic E-state index is 4.22. The summed E-state index contributed by atoms with van der Waals surface area (Å²) in [5.41, 5.74) is 2.15. The van der Waals surface area contributed by atoms with Crippen LogP contribution in [-0.2, 0) is 0 Å². The number of aryl methyl sites for hydroxylation is 2. The molecule has 0 aliphatic carbocycles. The normalized spacial score (nSPS) is 9.25. The minimum atomic E-state index is 1.05. The van der Waals surface area contributed by atoms with Crippen molar-refractivity contribution >= 4 is 44.1 Å². The molecular formula is C18H24N4S2. The minimum Gasteiger partial charge on any atom is -0.264 e. The molecule has 4 aromatic rings. The summed E-state index contributed by atoms with van der Waals surface area (Å²) in [6, 6.07) is 3.92. The molecule has 0 atom stereocenters. The molecule has 0 saturated heterocycles. The van der Waals surface area contributed by atoms with Gasteiger partial charge in [0, 0.05) is 40.4 Å². The van der Waals surface area contributed by atoms with Crippen LogP contribution in [0, 0.1) is 13.8 Å². The molecule has 0 spiro atoms. The third-order valence-electron chi connectivity index (χ3n) is 2.91. The number of rotatable bonds is 0. The van der Waals surface area contributed by atoms with Gasteiger partial charge in [-0.25, -0.2) is 0 Å². The van der Waals surface area contributed by atoms with Crippen LogP contribution in [0.15, 0.2) is 36.9 Å². The molecule has 4 aromatic heterocycles. The Bertz CT molecular complexity index is 780. The second-order valence-electron chi connectivity index (χ2n) is 4.27. The van der Waals surface area contributed by atoms with E-state index in [1.807, 2.05) is 59.1 Å². The third-order valence-corrected chi connectivity index (χ3v) is 4.58. The fourth-order valence-corrected chi connectivity index (χ4v) is 3.23.